The van der Waals surface area contributed by atoms with Crippen LogP contribution in [0.25, 0.3) is 0 Å². The van der Waals surface area contributed by atoms with Crippen LogP contribution in [0.4, 0.5) is 11.6 Å². The first-order valence-corrected chi connectivity index (χ1v) is 13.0. The summed E-state index contributed by atoms with van der Waals surface area (Å²) in [5.41, 5.74) is 9.65. The molecule has 17 heteroatoms. The number of hydrogen-bond acceptors (Lipinski definition) is 14. The highest BCUT2D eigenvalue weighted by Crippen LogP contribution is 2.45. The standard InChI is InChI=1S/C18H25N6O9PS/c19-13-1-3-23(17(27)21-13)15-5-9(26)12(32-15)8-30-34(29,35)33-10-6-16(31-11(10)7-25)24-4-2-14(20)22-18(24)28/h1-4,9-12,15-16,25-26H,5-8H2,(H,29,35)(H2,19,21,27)(H2,20,22,28)/p-1/t9-,10-,11+,12+,15+,16+,34?/m0/s1. The Bertz CT molecular complexity index is 1230. The molecule has 192 valence electrons. The monoisotopic (exact) mass is 531 g/mol. The van der Waals surface area contributed by atoms with E-state index in [-0.39, 0.29) is 24.5 Å². The Morgan fingerprint density at radius 2 is 1.63 bits per heavy atom. The van der Waals surface area contributed by atoms with Gasteiger partial charge in [-0.15, -0.1) is 0 Å². The molecule has 0 amide bonds. The van der Waals surface area contributed by atoms with Gasteiger partial charge in [-0.25, -0.2) is 9.59 Å². The summed E-state index contributed by atoms with van der Waals surface area (Å²) in [6.07, 6.45) is -2.74. The van der Waals surface area contributed by atoms with Crippen molar-refractivity contribution in [1.82, 2.24) is 19.1 Å². The van der Waals surface area contributed by atoms with Crippen molar-refractivity contribution in [2.75, 3.05) is 24.7 Å². The van der Waals surface area contributed by atoms with Crippen molar-refractivity contribution in [3.05, 3.63) is 45.5 Å². The Morgan fingerprint density at radius 1 is 1.09 bits per heavy atom. The van der Waals surface area contributed by atoms with E-state index in [0.29, 0.717) is 0 Å². The maximum Gasteiger partial charge on any atom is 0.351 e. The number of aliphatic hydroxyl groups excluding tert-OH is 2. The summed E-state index contributed by atoms with van der Waals surface area (Å²) < 4.78 is 24.3. The van der Waals surface area contributed by atoms with E-state index >= 15 is 0 Å². The molecule has 35 heavy (non-hydrogen) atoms. The fraction of sp³-hybridized carbons (Fsp3) is 0.556. The first kappa shape index (κ1) is 25.8. The van der Waals surface area contributed by atoms with Crippen molar-refractivity contribution in [2.45, 2.75) is 49.7 Å². The smallest absolute Gasteiger partial charge is 0.351 e. The molecule has 0 aliphatic carbocycles. The number of nitrogens with two attached hydrogens (primary N) is 2. The third-order valence-electron chi connectivity index (χ3n) is 5.55. The van der Waals surface area contributed by atoms with Gasteiger partial charge >= 0.3 is 11.4 Å². The summed E-state index contributed by atoms with van der Waals surface area (Å²) in [5, 5.41) is 19.9. The summed E-state index contributed by atoms with van der Waals surface area (Å²) in [4.78, 5) is 44.1. The zero-order chi connectivity index (χ0) is 25.3. The number of aromatic nitrogens is 4. The summed E-state index contributed by atoms with van der Waals surface area (Å²) in [5.74, 6) is 0.0843. The third kappa shape index (κ3) is 5.94. The number of hydrogen-bond donors (Lipinski definition) is 4. The van der Waals surface area contributed by atoms with Crippen molar-refractivity contribution in [3.63, 3.8) is 0 Å². The van der Waals surface area contributed by atoms with Crippen LogP contribution in [0, 0.1) is 0 Å². The topological polar surface area (TPSA) is 222 Å². The first-order valence-electron chi connectivity index (χ1n) is 10.5. The highest BCUT2D eigenvalue weighted by molar-refractivity contribution is 8.06. The van der Waals surface area contributed by atoms with Crippen molar-refractivity contribution >= 4 is 30.2 Å². The van der Waals surface area contributed by atoms with Gasteiger partial charge in [-0.2, -0.15) is 9.97 Å². The maximum absolute atomic E-state index is 12.8. The summed E-state index contributed by atoms with van der Waals surface area (Å²) >= 11 is 4.97. The van der Waals surface area contributed by atoms with Crippen LogP contribution in [-0.2, 0) is 30.3 Å². The van der Waals surface area contributed by atoms with E-state index in [1.165, 1.54) is 29.1 Å². The van der Waals surface area contributed by atoms with Crippen molar-refractivity contribution < 1.29 is 33.6 Å². The van der Waals surface area contributed by atoms with Crippen LogP contribution >= 0.6 is 6.72 Å². The fourth-order valence-electron chi connectivity index (χ4n) is 3.83. The Labute approximate surface area is 203 Å². The molecule has 6 N–H and O–H groups in total. The van der Waals surface area contributed by atoms with Crippen molar-refractivity contribution in [2.24, 2.45) is 0 Å². The Kier molecular flexibility index (Phi) is 7.65. The van der Waals surface area contributed by atoms with Gasteiger partial charge in [0.25, 0.3) is 0 Å². The van der Waals surface area contributed by atoms with E-state index in [1.807, 2.05) is 0 Å². The largest absolute Gasteiger partial charge is 0.780 e. The molecule has 0 spiro atoms. The van der Waals surface area contributed by atoms with E-state index in [2.05, 4.69) is 9.97 Å². The maximum atomic E-state index is 12.8. The van der Waals surface area contributed by atoms with Crippen LogP contribution in [0.15, 0.2) is 34.1 Å². The van der Waals surface area contributed by atoms with E-state index < -0.39 is 68.2 Å². The minimum Gasteiger partial charge on any atom is -0.780 e. The van der Waals surface area contributed by atoms with Gasteiger partial charge in [0.2, 0.25) is 0 Å². The molecule has 0 saturated carbocycles. The molecule has 2 aliphatic heterocycles. The second kappa shape index (κ2) is 10.4. The molecule has 0 aromatic carbocycles. The van der Waals surface area contributed by atoms with E-state index in [1.54, 1.807) is 0 Å². The lowest BCUT2D eigenvalue weighted by Gasteiger charge is -2.32. The second-order valence-electron chi connectivity index (χ2n) is 7.95. The van der Waals surface area contributed by atoms with Crippen LogP contribution in [0.2, 0.25) is 0 Å². The van der Waals surface area contributed by atoms with E-state index in [4.69, 9.17) is 41.8 Å². The molecule has 4 heterocycles. The SMILES string of the molecule is Nc1ccn([C@H]2C[C@H](OP([O-])(=S)OC[C@H]3O[C@@H](n4ccc(N)nc4=O)C[C@@H]3O)[C@@H](CO)O2)c(=O)n1. The fourth-order valence-corrected chi connectivity index (χ4v) is 5.29. The minimum atomic E-state index is -4.14. The number of aliphatic hydroxyl groups is 2. The quantitative estimate of drug-likeness (QED) is 0.260. The number of anilines is 2. The molecule has 4 rings (SSSR count). The van der Waals surface area contributed by atoms with Gasteiger partial charge in [0.05, 0.1) is 25.4 Å². The normalized spacial score (nSPS) is 30.4. The molecule has 0 radical (unpaired) electrons. The highest BCUT2D eigenvalue weighted by atomic mass is 32.5. The van der Waals surface area contributed by atoms with Gasteiger partial charge in [-0.05, 0) is 12.1 Å². The molecular formula is C18H24N6O9PS-. The molecule has 1 unspecified atom stereocenters. The summed E-state index contributed by atoms with van der Waals surface area (Å²) in [7, 11) is 0. The van der Waals surface area contributed by atoms with Crippen LogP contribution in [0.5, 0.6) is 0 Å². The summed E-state index contributed by atoms with van der Waals surface area (Å²) in [6.45, 7) is -5.02. The average Bonchev–Trinajstić information content (AvgIpc) is 3.34. The number of nitrogens with zero attached hydrogens (tertiary/aromatic N) is 4. The Hall–Kier alpha value is -2.27. The lowest BCUT2D eigenvalue weighted by molar-refractivity contribution is -0.215. The average molecular weight is 531 g/mol. The molecule has 2 aliphatic rings. The lowest BCUT2D eigenvalue weighted by Crippen LogP contribution is -2.31. The highest BCUT2D eigenvalue weighted by Gasteiger charge is 2.40. The van der Waals surface area contributed by atoms with E-state index in [9.17, 15) is 24.7 Å². The molecule has 0 bridgehead atoms. The van der Waals surface area contributed by atoms with Gasteiger partial charge in [-0.3, -0.25) is 9.13 Å². The summed E-state index contributed by atoms with van der Waals surface area (Å²) in [6, 6.07) is 2.82. The Morgan fingerprint density at radius 3 is 2.17 bits per heavy atom. The Balaban J connectivity index is 1.36. The van der Waals surface area contributed by atoms with Gasteiger partial charge in [0.15, 0.2) is 0 Å². The molecule has 2 aromatic rings. The predicted octanol–water partition coefficient (Wildman–Crippen LogP) is -2.42. The van der Waals surface area contributed by atoms with Gasteiger partial charge in [0.1, 0.15) is 43.0 Å². The molecule has 7 atom stereocenters. The second-order valence-corrected chi connectivity index (χ2v) is 10.7. The number of nitrogen functional groups attached to an aromatic ring is 2. The zero-order valence-corrected chi connectivity index (χ0v) is 19.9. The zero-order valence-electron chi connectivity index (χ0n) is 18.2. The molecule has 15 nitrogen and oxygen atoms in total. The van der Waals surface area contributed by atoms with Crippen LogP contribution in [0.3, 0.4) is 0 Å². The van der Waals surface area contributed by atoms with Gasteiger partial charge in [0, 0.05) is 25.2 Å². The minimum absolute atomic E-state index is 0.0262. The first-order chi connectivity index (χ1) is 16.6. The lowest BCUT2D eigenvalue weighted by atomic mass is 10.2. The molecule has 2 fully saturated rings. The van der Waals surface area contributed by atoms with Gasteiger partial charge < -0.3 is 45.1 Å². The molecule has 2 saturated heterocycles. The van der Waals surface area contributed by atoms with Crippen LogP contribution in [-0.4, -0.2) is 66.9 Å². The van der Waals surface area contributed by atoms with Gasteiger partial charge in [-0.1, -0.05) is 11.8 Å². The van der Waals surface area contributed by atoms with E-state index in [0.717, 1.165) is 4.57 Å². The molecule has 2 aromatic heterocycles. The van der Waals surface area contributed by atoms with Crippen molar-refractivity contribution in [3.8, 4) is 0 Å². The number of ether oxygens (including phenoxy) is 2. The van der Waals surface area contributed by atoms with Crippen LogP contribution in [0.1, 0.15) is 25.3 Å². The van der Waals surface area contributed by atoms with Crippen LogP contribution < -0.4 is 27.7 Å². The predicted molar refractivity (Wildman–Crippen MR) is 121 cm³/mol. The van der Waals surface area contributed by atoms with Crippen molar-refractivity contribution in [1.29, 1.82) is 0 Å². The third-order valence-corrected chi connectivity index (χ3v) is 7.12. The molecular weight excluding hydrogens is 507 g/mol. The number of rotatable bonds is 8.